The number of hydrogen-bond donors (Lipinski definition) is 1. The van der Waals surface area contributed by atoms with E-state index in [4.69, 9.17) is 0 Å². The number of aryl methyl sites for hydroxylation is 1. The number of anilines is 2. The van der Waals surface area contributed by atoms with Crippen LogP contribution in [0.3, 0.4) is 0 Å². The van der Waals surface area contributed by atoms with Crippen molar-refractivity contribution in [1.82, 2.24) is 15.0 Å². The number of benzene rings is 1. The standard InChI is InChI=1S/C22H22F3N5/c1-15-6-7-20(27-12-15)30-11-9-19-17(13-30)21(29-14-28-19)26-10-8-16-4-2-3-5-18(16)22(23,24)25/h2-7,12,14H,8-11,13H2,1H3,(H,26,28,29). The second kappa shape index (κ2) is 8.30. The second-order valence-electron chi connectivity index (χ2n) is 7.34. The molecule has 0 fully saturated rings. The minimum atomic E-state index is -4.35. The maximum Gasteiger partial charge on any atom is 0.416 e. The Morgan fingerprint density at radius 1 is 1.07 bits per heavy atom. The van der Waals surface area contributed by atoms with E-state index in [1.54, 1.807) is 6.07 Å². The summed E-state index contributed by atoms with van der Waals surface area (Å²) in [6.07, 6.45) is -0.00286. The zero-order valence-corrected chi connectivity index (χ0v) is 16.6. The monoisotopic (exact) mass is 413 g/mol. The van der Waals surface area contributed by atoms with Crippen LogP contribution in [-0.2, 0) is 25.6 Å². The molecule has 2 aromatic heterocycles. The SMILES string of the molecule is Cc1ccc(N2CCc3ncnc(NCCc4ccccc4C(F)(F)F)c3C2)nc1. The Morgan fingerprint density at radius 2 is 1.90 bits per heavy atom. The van der Waals surface area contributed by atoms with E-state index in [1.165, 1.54) is 18.5 Å². The van der Waals surface area contributed by atoms with Crippen molar-refractivity contribution in [3.8, 4) is 0 Å². The van der Waals surface area contributed by atoms with Crippen molar-refractivity contribution in [3.63, 3.8) is 0 Å². The van der Waals surface area contributed by atoms with Crippen LogP contribution < -0.4 is 10.2 Å². The minimum absolute atomic E-state index is 0.248. The molecule has 30 heavy (non-hydrogen) atoms. The maximum atomic E-state index is 13.2. The highest BCUT2D eigenvalue weighted by Crippen LogP contribution is 2.32. The molecule has 3 aromatic rings. The summed E-state index contributed by atoms with van der Waals surface area (Å²) in [5.41, 5.74) is 2.71. The molecule has 8 heteroatoms. The highest BCUT2D eigenvalue weighted by atomic mass is 19.4. The molecule has 0 saturated carbocycles. The Balaban J connectivity index is 1.48. The van der Waals surface area contributed by atoms with E-state index in [2.05, 4.69) is 25.2 Å². The van der Waals surface area contributed by atoms with Crippen molar-refractivity contribution in [3.05, 3.63) is 76.9 Å². The fourth-order valence-corrected chi connectivity index (χ4v) is 3.67. The molecular weight excluding hydrogens is 391 g/mol. The van der Waals surface area contributed by atoms with Crippen LogP contribution in [0.15, 0.2) is 48.9 Å². The van der Waals surface area contributed by atoms with E-state index in [0.29, 0.717) is 18.9 Å². The molecule has 4 rings (SSSR count). The third-order valence-electron chi connectivity index (χ3n) is 5.23. The summed E-state index contributed by atoms with van der Waals surface area (Å²) in [5, 5.41) is 3.22. The lowest BCUT2D eigenvalue weighted by Gasteiger charge is -2.30. The lowest BCUT2D eigenvalue weighted by Crippen LogP contribution is -2.32. The van der Waals surface area contributed by atoms with Crippen molar-refractivity contribution in [2.45, 2.75) is 32.5 Å². The topological polar surface area (TPSA) is 53.9 Å². The van der Waals surface area contributed by atoms with Gasteiger partial charge in [0.25, 0.3) is 0 Å². The summed E-state index contributed by atoms with van der Waals surface area (Å²) in [6, 6.07) is 9.69. The summed E-state index contributed by atoms with van der Waals surface area (Å²) in [7, 11) is 0. The number of halogens is 3. The van der Waals surface area contributed by atoms with Gasteiger partial charge < -0.3 is 10.2 Å². The molecule has 3 heterocycles. The van der Waals surface area contributed by atoms with E-state index in [9.17, 15) is 13.2 Å². The summed E-state index contributed by atoms with van der Waals surface area (Å²) in [6.45, 7) is 3.75. The Morgan fingerprint density at radius 3 is 2.67 bits per heavy atom. The number of pyridine rings is 1. The van der Waals surface area contributed by atoms with E-state index in [0.717, 1.165) is 41.7 Å². The molecule has 0 aliphatic carbocycles. The number of aromatic nitrogens is 3. The summed E-state index contributed by atoms with van der Waals surface area (Å²) in [4.78, 5) is 15.4. The maximum absolute atomic E-state index is 13.2. The van der Waals surface area contributed by atoms with Crippen LogP contribution in [-0.4, -0.2) is 28.0 Å². The molecule has 1 N–H and O–H groups in total. The van der Waals surface area contributed by atoms with Crippen LogP contribution in [0.2, 0.25) is 0 Å². The van der Waals surface area contributed by atoms with Crippen LogP contribution in [0.5, 0.6) is 0 Å². The molecule has 0 amide bonds. The van der Waals surface area contributed by atoms with Crippen LogP contribution >= 0.6 is 0 Å². The van der Waals surface area contributed by atoms with Gasteiger partial charge >= 0.3 is 6.18 Å². The highest BCUT2D eigenvalue weighted by molar-refractivity contribution is 5.52. The van der Waals surface area contributed by atoms with Crippen LogP contribution in [0.25, 0.3) is 0 Å². The largest absolute Gasteiger partial charge is 0.416 e. The van der Waals surface area contributed by atoms with Crippen LogP contribution in [0.1, 0.15) is 27.9 Å². The minimum Gasteiger partial charge on any atom is -0.369 e. The molecule has 0 spiro atoms. The van der Waals surface area contributed by atoms with E-state index in [-0.39, 0.29) is 12.0 Å². The van der Waals surface area contributed by atoms with Gasteiger partial charge in [0, 0.05) is 37.8 Å². The summed E-state index contributed by atoms with van der Waals surface area (Å²) >= 11 is 0. The van der Waals surface area contributed by atoms with Crippen molar-refractivity contribution < 1.29 is 13.2 Å². The van der Waals surface area contributed by atoms with Gasteiger partial charge in [-0.25, -0.2) is 15.0 Å². The molecule has 1 aliphatic rings. The average Bonchev–Trinajstić information content (AvgIpc) is 2.74. The first-order valence-electron chi connectivity index (χ1n) is 9.81. The lowest BCUT2D eigenvalue weighted by atomic mass is 10.0. The summed E-state index contributed by atoms with van der Waals surface area (Å²) in [5.74, 6) is 1.56. The first-order chi connectivity index (χ1) is 14.4. The van der Waals surface area contributed by atoms with E-state index < -0.39 is 11.7 Å². The van der Waals surface area contributed by atoms with Gasteiger partial charge in [0.05, 0.1) is 11.3 Å². The number of hydrogen-bond acceptors (Lipinski definition) is 5. The van der Waals surface area contributed by atoms with Crippen molar-refractivity contribution in [1.29, 1.82) is 0 Å². The molecule has 156 valence electrons. The molecule has 1 aromatic carbocycles. The van der Waals surface area contributed by atoms with Gasteiger partial charge in [-0.05, 0) is 36.6 Å². The van der Waals surface area contributed by atoms with Crippen molar-refractivity contribution in [2.75, 3.05) is 23.3 Å². The van der Waals surface area contributed by atoms with Gasteiger partial charge in [-0.2, -0.15) is 13.2 Å². The smallest absolute Gasteiger partial charge is 0.369 e. The van der Waals surface area contributed by atoms with Crippen molar-refractivity contribution in [2.24, 2.45) is 0 Å². The van der Waals surface area contributed by atoms with Gasteiger partial charge in [-0.15, -0.1) is 0 Å². The highest BCUT2D eigenvalue weighted by Gasteiger charge is 2.32. The zero-order valence-electron chi connectivity index (χ0n) is 16.6. The Hall–Kier alpha value is -3.16. The molecule has 0 saturated heterocycles. The number of nitrogens with one attached hydrogen (secondary N) is 1. The lowest BCUT2D eigenvalue weighted by molar-refractivity contribution is -0.138. The second-order valence-corrected chi connectivity index (χ2v) is 7.34. The number of alkyl halides is 3. The predicted molar refractivity (Wildman–Crippen MR) is 109 cm³/mol. The number of fused-ring (bicyclic) bond motifs is 1. The third kappa shape index (κ3) is 4.37. The quantitative estimate of drug-likeness (QED) is 0.671. The molecule has 0 atom stereocenters. The van der Waals surface area contributed by atoms with Gasteiger partial charge in [0.1, 0.15) is 18.0 Å². The Kier molecular flexibility index (Phi) is 5.57. The van der Waals surface area contributed by atoms with E-state index in [1.807, 2.05) is 25.3 Å². The first-order valence-corrected chi connectivity index (χ1v) is 9.81. The molecule has 1 aliphatic heterocycles. The summed E-state index contributed by atoms with van der Waals surface area (Å²) < 4.78 is 39.6. The normalized spacial score (nSPS) is 13.8. The third-order valence-corrected chi connectivity index (χ3v) is 5.23. The number of rotatable bonds is 5. The van der Waals surface area contributed by atoms with Crippen molar-refractivity contribution >= 4 is 11.6 Å². The predicted octanol–water partition coefficient (Wildman–Crippen LogP) is 4.42. The molecule has 0 bridgehead atoms. The molecule has 0 radical (unpaired) electrons. The first kappa shape index (κ1) is 20.1. The fraction of sp³-hybridized carbons (Fsp3) is 0.318. The van der Waals surface area contributed by atoms with Crippen LogP contribution in [0.4, 0.5) is 24.8 Å². The van der Waals surface area contributed by atoms with E-state index >= 15 is 0 Å². The fourth-order valence-electron chi connectivity index (χ4n) is 3.67. The van der Waals surface area contributed by atoms with Gasteiger partial charge in [-0.1, -0.05) is 24.3 Å². The zero-order chi connectivity index (χ0) is 21.1. The Bertz CT molecular complexity index is 1020. The molecule has 5 nitrogen and oxygen atoms in total. The van der Waals surface area contributed by atoms with Gasteiger partial charge in [-0.3, -0.25) is 0 Å². The number of nitrogens with zero attached hydrogens (tertiary/aromatic N) is 4. The average molecular weight is 413 g/mol. The molecule has 0 unspecified atom stereocenters. The molecular formula is C22H22F3N5. The van der Waals surface area contributed by atoms with Gasteiger partial charge in [0.15, 0.2) is 0 Å². The van der Waals surface area contributed by atoms with Gasteiger partial charge in [0.2, 0.25) is 0 Å². The Labute approximate surface area is 173 Å². The van der Waals surface area contributed by atoms with Crippen LogP contribution in [0, 0.1) is 6.92 Å².